The fraction of sp³-hybridized carbons (Fsp3) is 0.700. The third-order valence-corrected chi connectivity index (χ3v) is 2.08. The van der Waals surface area contributed by atoms with E-state index in [2.05, 4.69) is 11.9 Å². The zero-order valence-corrected chi connectivity index (χ0v) is 8.14. The van der Waals surface area contributed by atoms with Crippen molar-refractivity contribution in [2.45, 2.75) is 25.9 Å². The van der Waals surface area contributed by atoms with Crippen molar-refractivity contribution >= 4 is 5.78 Å². The standard InChI is InChI=1S/C10H17NO2/c1-8(2)3-4-9(12)10-7-11-5-6-13-10/h10-11H,1,3-7H2,2H3. The largest absolute Gasteiger partial charge is 0.368 e. The van der Waals surface area contributed by atoms with E-state index < -0.39 is 0 Å². The highest BCUT2D eigenvalue weighted by Gasteiger charge is 2.20. The van der Waals surface area contributed by atoms with E-state index in [0.717, 1.165) is 18.5 Å². The highest BCUT2D eigenvalue weighted by molar-refractivity contribution is 5.83. The number of morpholine rings is 1. The van der Waals surface area contributed by atoms with Crippen LogP contribution in [0.5, 0.6) is 0 Å². The number of carbonyl (C=O) groups excluding carboxylic acids is 1. The van der Waals surface area contributed by atoms with Crippen LogP contribution >= 0.6 is 0 Å². The van der Waals surface area contributed by atoms with Gasteiger partial charge in [-0.1, -0.05) is 5.57 Å². The van der Waals surface area contributed by atoms with Crippen LogP contribution in [0.15, 0.2) is 12.2 Å². The minimum atomic E-state index is -0.229. The molecule has 1 aliphatic rings. The lowest BCUT2D eigenvalue weighted by molar-refractivity contribution is -0.131. The summed E-state index contributed by atoms with van der Waals surface area (Å²) in [7, 11) is 0. The van der Waals surface area contributed by atoms with Gasteiger partial charge in [0.15, 0.2) is 5.78 Å². The van der Waals surface area contributed by atoms with E-state index in [1.165, 1.54) is 0 Å². The first kappa shape index (κ1) is 10.4. The molecule has 1 unspecified atom stereocenters. The summed E-state index contributed by atoms with van der Waals surface area (Å²) in [5.41, 5.74) is 1.05. The summed E-state index contributed by atoms with van der Waals surface area (Å²) >= 11 is 0. The average Bonchev–Trinajstić information content (AvgIpc) is 2.15. The Morgan fingerprint density at radius 3 is 2.92 bits per heavy atom. The monoisotopic (exact) mass is 183 g/mol. The molecule has 1 saturated heterocycles. The van der Waals surface area contributed by atoms with E-state index >= 15 is 0 Å². The van der Waals surface area contributed by atoms with Crippen LogP contribution in [0.25, 0.3) is 0 Å². The number of rotatable bonds is 4. The number of hydrogen-bond donors (Lipinski definition) is 1. The summed E-state index contributed by atoms with van der Waals surface area (Å²) in [4.78, 5) is 11.5. The molecule has 1 aliphatic heterocycles. The van der Waals surface area contributed by atoms with Crippen LogP contribution < -0.4 is 5.32 Å². The Morgan fingerprint density at radius 2 is 2.38 bits per heavy atom. The molecule has 0 aliphatic carbocycles. The van der Waals surface area contributed by atoms with Crippen LogP contribution in [0.1, 0.15) is 19.8 Å². The summed E-state index contributed by atoms with van der Waals surface area (Å²) in [6, 6.07) is 0. The van der Waals surface area contributed by atoms with Crippen molar-refractivity contribution in [3.8, 4) is 0 Å². The first-order valence-corrected chi connectivity index (χ1v) is 4.69. The first-order valence-electron chi connectivity index (χ1n) is 4.69. The molecular formula is C10H17NO2. The molecule has 1 rings (SSSR count). The van der Waals surface area contributed by atoms with Crippen LogP contribution in [0.2, 0.25) is 0 Å². The van der Waals surface area contributed by atoms with Gasteiger partial charge in [0.05, 0.1) is 6.61 Å². The normalized spacial score (nSPS) is 22.7. The molecule has 0 aromatic heterocycles. The smallest absolute Gasteiger partial charge is 0.163 e. The van der Waals surface area contributed by atoms with E-state index in [1.807, 2.05) is 6.92 Å². The van der Waals surface area contributed by atoms with Crippen LogP contribution in [0.3, 0.4) is 0 Å². The number of ether oxygens (including phenoxy) is 1. The maximum Gasteiger partial charge on any atom is 0.163 e. The second kappa shape index (κ2) is 5.14. The molecule has 0 aromatic rings. The lowest BCUT2D eigenvalue weighted by atomic mass is 10.1. The quantitative estimate of drug-likeness (QED) is 0.658. The fourth-order valence-electron chi connectivity index (χ4n) is 1.27. The van der Waals surface area contributed by atoms with E-state index in [-0.39, 0.29) is 11.9 Å². The molecule has 0 bridgehead atoms. The second-order valence-electron chi connectivity index (χ2n) is 3.49. The third-order valence-electron chi connectivity index (χ3n) is 2.08. The van der Waals surface area contributed by atoms with E-state index in [1.54, 1.807) is 0 Å². The third kappa shape index (κ3) is 3.70. The van der Waals surface area contributed by atoms with Gasteiger partial charge in [-0.05, 0) is 13.3 Å². The predicted octanol–water partition coefficient (Wildman–Crippen LogP) is 0.900. The van der Waals surface area contributed by atoms with E-state index in [9.17, 15) is 4.79 Å². The minimum Gasteiger partial charge on any atom is -0.368 e. The number of ketones is 1. The average molecular weight is 183 g/mol. The summed E-state index contributed by atoms with van der Waals surface area (Å²) in [6.45, 7) is 7.86. The lowest BCUT2D eigenvalue weighted by Crippen LogP contribution is -2.43. The summed E-state index contributed by atoms with van der Waals surface area (Å²) in [5, 5.41) is 3.14. The van der Waals surface area contributed by atoms with Crippen molar-refractivity contribution in [3.05, 3.63) is 12.2 Å². The highest BCUT2D eigenvalue weighted by Crippen LogP contribution is 2.06. The Labute approximate surface area is 79.2 Å². The van der Waals surface area contributed by atoms with Gasteiger partial charge in [0.2, 0.25) is 0 Å². The Morgan fingerprint density at radius 1 is 1.62 bits per heavy atom. The Kier molecular flexibility index (Phi) is 4.12. The van der Waals surface area contributed by atoms with Crippen molar-refractivity contribution < 1.29 is 9.53 Å². The van der Waals surface area contributed by atoms with Gasteiger partial charge in [0, 0.05) is 19.5 Å². The van der Waals surface area contributed by atoms with Crippen molar-refractivity contribution in [2.75, 3.05) is 19.7 Å². The number of carbonyl (C=O) groups is 1. The van der Waals surface area contributed by atoms with Crippen LogP contribution in [-0.2, 0) is 9.53 Å². The molecule has 74 valence electrons. The van der Waals surface area contributed by atoms with Gasteiger partial charge in [-0.2, -0.15) is 0 Å². The van der Waals surface area contributed by atoms with Gasteiger partial charge >= 0.3 is 0 Å². The van der Waals surface area contributed by atoms with Crippen molar-refractivity contribution in [2.24, 2.45) is 0 Å². The van der Waals surface area contributed by atoms with Gasteiger partial charge < -0.3 is 10.1 Å². The van der Waals surface area contributed by atoms with Crippen LogP contribution in [0.4, 0.5) is 0 Å². The summed E-state index contributed by atoms with van der Waals surface area (Å²) in [6.07, 6.45) is 1.11. The molecule has 0 saturated carbocycles. The maximum atomic E-state index is 11.5. The lowest BCUT2D eigenvalue weighted by Gasteiger charge is -2.22. The molecule has 1 fully saturated rings. The van der Waals surface area contributed by atoms with Crippen molar-refractivity contribution in [3.63, 3.8) is 0 Å². The Hall–Kier alpha value is -0.670. The highest BCUT2D eigenvalue weighted by atomic mass is 16.5. The Balaban J connectivity index is 2.25. The number of nitrogens with one attached hydrogen (secondary N) is 1. The minimum absolute atomic E-state index is 0.190. The molecular weight excluding hydrogens is 166 g/mol. The molecule has 1 heterocycles. The molecule has 0 spiro atoms. The van der Waals surface area contributed by atoms with Gasteiger partial charge in [-0.3, -0.25) is 4.79 Å². The van der Waals surface area contributed by atoms with E-state index in [4.69, 9.17) is 4.74 Å². The topological polar surface area (TPSA) is 38.3 Å². The van der Waals surface area contributed by atoms with Gasteiger partial charge in [0.1, 0.15) is 6.10 Å². The molecule has 0 aromatic carbocycles. The molecule has 3 heteroatoms. The summed E-state index contributed by atoms with van der Waals surface area (Å²) in [5.74, 6) is 0.190. The van der Waals surface area contributed by atoms with E-state index in [0.29, 0.717) is 19.6 Å². The number of Topliss-reactive ketones (excluding diaryl/α,β-unsaturated/α-hetero) is 1. The van der Waals surface area contributed by atoms with Crippen LogP contribution in [-0.4, -0.2) is 31.6 Å². The van der Waals surface area contributed by atoms with Crippen molar-refractivity contribution in [1.82, 2.24) is 5.32 Å². The zero-order chi connectivity index (χ0) is 9.68. The van der Waals surface area contributed by atoms with Gasteiger partial charge in [-0.25, -0.2) is 0 Å². The SMILES string of the molecule is C=C(C)CCC(=O)C1CNCCO1. The molecule has 1 atom stereocenters. The predicted molar refractivity (Wildman–Crippen MR) is 51.7 cm³/mol. The van der Waals surface area contributed by atoms with Gasteiger partial charge in [-0.15, -0.1) is 6.58 Å². The molecule has 13 heavy (non-hydrogen) atoms. The molecule has 0 amide bonds. The number of hydrogen-bond acceptors (Lipinski definition) is 3. The second-order valence-corrected chi connectivity index (χ2v) is 3.49. The van der Waals surface area contributed by atoms with Crippen LogP contribution in [0, 0.1) is 0 Å². The van der Waals surface area contributed by atoms with Crippen molar-refractivity contribution in [1.29, 1.82) is 0 Å². The molecule has 0 radical (unpaired) electrons. The first-order chi connectivity index (χ1) is 6.20. The number of allylic oxidation sites excluding steroid dienone is 1. The maximum absolute atomic E-state index is 11.5. The Bertz CT molecular complexity index is 195. The molecule has 3 nitrogen and oxygen atoms in total. The fourth-order valence-corrected chi connectivity index (χ4v) is 1.27. The molecule has 1 N–H and O–H groups in total. The summed E-state index contributed by atoms with van der Waals surface area (Å²) < 4.78 is 5.33. The van der Waals surface area contributed by atoms with Gasteiger partial charge in [0.25, 0.3) is 0 Å². The zero-order valence-electron chi connectivity index (χ0n) is 8.14.